The van der Waals surface area contributed by atoms with Gasteiger partial charge in [-0.05, 0) is 23.8 Å². The van der Waals surface area contributed by atoms with Crippen LogP contribution in [-0.4, -0.2) is 68.3 Å². The molecule has 7 heteroatoms. The normalized spacial score (nSPS) is 20.1. The lowest BCUT2D eigenvalue weighted by Gasteiger charge is -2.46. The van der Waals surface area contributed by atoms with Gasteiger partial charge in [-0.25, -0.2) is 0 Å². The fourth-order valence-corrected chi connectivity index (χ4v) is 4.56. The van der Waals surface area contributed by atoms with Gasteiger partial charge < -0.3 is 14.4 Å². The van der Waals surface area contributed by atoms with Crippen molar-refractivity contribution in [2.75, 3.05) is 26.2 Å². The molecule has 0 saturated carbocycles. The van der Waals surface area contributed by atoms with E-state index in [2.05, 4.69) is 28.1 Å². The summed E-state index contributed by atoms with van der Waals surface area (Å²) in [6, 6.07) is 13.7. The molecule has 3 aromatic rings. The number of hydrogen-bond acceptors (Lipinski definition) is 4. The Bertz CT molecular complexity index is 1100. The van der Waals surface area contributed by atoms with Gasteiger partial charge in [0.1, 0.15) is 12.6 Å². The van der Waals surface area contributed by atoms with E-state index in [0.717, 1.165) is 35.2 Å². The quantitative estimate of drug-likeness (QED) is 0.664. The summed E-state index contributed by atoms with van der Waals surface area (Å²) >= 11 is 0. The molecule has 1 atom stereocenters. The van der Waals surface area contributed by atoms with Crippen molar-refractivity contribution < 1.29 is 9.59 Å². The minimum absolute atomic E-state index is 0.0385. The van der Waals surface area contributed by atoms with E-state index in [0.29, 0.717) is 19.6 Å². The monoisotopic (exact) mass is 403 g/mol. The van der Waals surface area contributed by atoms with Crippen molar-refractivity contribution in [2.24, 2.45) is 7.05 Å². The number of fused-ring (bicyclic) bond motifs is 2. The van der Waals surface area contributed by atoms with E-state index < -0.39 is 6.04 Å². The fraction of sp³-hybridized carbons (Fsp3) is 0.348. The summed E-state index contributed by atoms with van der Waals surface area (Å²) in [7, 11) is 1.96. The van der Waals surface area contributed by atoms with Crippen molar-refractivity contribution in [1.29, 1.82) is 0 Å². The van der Waals surface area contributed by atoms with Crippen molar-refractivity contribution >= 4 is 22.7 Å². The Morgan fingerprint density at radius 3 is 2.73 bits per heavy atom. The molecule has 1 aromatic carbocycles. The number of aryl methyl sites for hydroxylation is 1. The molecule has 0 radical (unpaired) electrons. The Balaban J connectivity index is 1.34. The molecule has 1 unspecified atom stereocenters. The van der Waals surface area contributed by atoms with E-state index in [9.17, 15) is 9.59 Å². The first-order valence-electron chi connectivity index (χ1n) is 10.3. The third-order valence-corrected chi connectivity index (χ3v) is 6.22. The number of carbonyl (C=O) groups excluding carboxylic acids is 2. The molecule has 2 amide bonds. The van der Waals surface area contributed by atoms with Crippen LogP contribution in [0.3, 0.4) is 0 Å². The summed E-state index contributed by atoms with van der Waals surface area (Å²) < 4.78 is 1.99. The van der Waals surface area contributed by atoms with Crippen molar-refractivity contribution in [3.05, 3.63) is 66.1 Å². The van der Waals surface area contributed by atoms with Crippen LogP contribution in [0.1, 0.15) is 11.3 Å². The summed E-state index contributed by atoms with van der Waals surface area (Å²) in [4.78, 5) is 36.2. The number of rotatable bonds is 4. The third kappa shape index (κ3) is 3.35. The fourth-order valence-electron chi connectivity index (χ4n) is 4.56. The van der Waals surface area contributed by atoms with Crippen LogP contribution in [0.2, 0.25) is 0 Å². The molecule has 2 saturated heterocycles. The molecule has 5 rings (SSSR count). The van der Waals surface area contributed by atoms with Gasteiger partial charge in [0.05, 0.1) is 12.1 Å². The first kappa shape index (κ1) is 18.8. The van der Waals surface area contributed by atoms with Gasteiger partial charge in [-0.3, -0.25) is 19.5 Å². The Morgan fingerprint density at radius 2 is 1.90 bits per heavy atom. The maximum atomic E-state index is 13.2. The van der Waals surface area contributed by atoms with E-state index in [-0.39, 0.29) is 18.4 Å². The van der Waals surface area contributed by atoms with Crippen LogP contribution in [0.4, 0.5) is 0 Å². The van der Waals surface area contributed by atoms with Crippen LogP contribution in [0, 0.1) is 0 Å². The Kier molecular flexibility index (Phi) is 4.75. The van der Waals surface area contributed by atoms with Gasteiger partial charge in [0.15, 0.2) is 0 Å². The SMILES string of the molecule is Cn1cccc1CN1CC(=O)N2CCN(Cc3cccc4cccnc34)CC2C1=O. The molecule has 0 bridgehead atoms. The smallest absolute Gasteiger partial charge is 0.247 e. The number of nitrogens with zero attached hydrogens (tertiary/aromatic N) is 5. The Labute approximate surface area is 175 Å². The molecule has 4 heterocycles. The molecule has 0 N–H and O–H groups in total. The summed E-state index contributed by atoms with van der Waals surface area (Å²) in [5.41, 5.74) is 3.18. The predicted octanol–water partition coefficient (Wildman–Crippen LogP) is 1.63. The minimum Gasteiger partial charge on any atom is -0.353 e. The van der Waals surface area contributed by atoms with Crippen molar-refractivity contribution in [3.63, 3.8) is 0 Å². The molecule has 2 aliphatic rings. The number of carbonyl (C=O) groups is 2. The van der Waals surface area contributed by atoms with E-state index in [1.165, 1.54) is 0 Å². The molecule has 0 aliphatic carbocycles. The van der Waals surface area contributed by atoms with Crippen molar-refractivity contribution in [2.45, 2.75) is 19.1 Å². The standard InChI is InChI=1S/C23H25N5O2/c1-25-10-4-8-19(25)14-27-16-21(29)28-12-11-26(15-20(28)23(27)30)13-18-6-2-5-17-7-3-9-24-22(17)18/h2-10,20H,11-16H2,1H3. The van der Waals surface area contributed by atoms with Crippen LogP contribution in [-0.2, 0) is 29.7 Å². The number of benzene rings is 1. The molecular formula is C23H25N5O2. The average Bonchev–Trinajstić information content (AvgIpc) is 3.16. The van der Waals surface area contributed by atoms with Gasteiger partial charge in [0.2, 0.25) is 11.8 Å². The third-order valence-electron chi connectivity index (χ3n) is 6.22. The van der Waals surface area contributed by atoms with Crippen LogP contribution in [0.25, 0.3) is 10.9 Å². The zero-order valence-corrected chi connectivity index (χ0v) is 17.1. The van der Waals surface area contributed by atoms with E-state index in [1.807, 2.05) is 48.3 Å². The van der Waals surface area contributed by atoms with Crippen LogP contribution < -0.4 is 0 Å². The highest BCUT2D eigenvalue weighted by atomic mass is 16.2. The highest BCUT2D eigenvalue weighted by molar-refractivity contribution is 5.95. The lowest BCUT2D eigenvalue weighted by molar-refractivity contribution is -0.160. The van der Waals surface area contributed by atoms with E-state index >= 15 is 0 Å². The summed E-state index contributed by atoms with van der Waals surface area (Å²) in [6.07, 6.45) is 3.77. The van der Waals surface area contributed by atoms with E-state index in [1.54, 1.807) is 9.80 Å². The number of piperazine rings is 2. The highest BCUT2D eigenvalue weighted by Gasteiger charge is 2.42. The highest BCUT2D eigenvalue weighted by Crippen LogP contribution is 2.23. The molecule has 0 spiro atoms. The predicted molar refractivity (Wildman–Crippen MR) is 113 cm³/mol. The van der Waals surface area contributed by atoms with Gasteiger partial charge in [-0.15, -0.1) is 0 Å². The maximum absolute atomic E-state index is 13.2. The molecule has 2 aliphatic heterocycles. The zero-order chi connectivity index (χ0) is 20.7. The van der Waals surface area contributed by atoms with Gasteiger partial charge >= 0.3 is 0 Å². The summed E-state index contributed by atoms with van der Waals surface area (Å²) in [5, 5.41) is 1.12. The lowest BCUT2D eigenvalue weighted by atomic mass is 10.0. The minimum atomic E-state index is -0.414. The molecule has 30 heavy (non-hydrogen) atoms. The second kappa shape index (κ2) is 7.57. The van der Waals surface area contributed by atoms with Gasteiger partial charge in [0.25, 0.3) is 0 Å². The second-order valence-corrected chi connectivity index (χ2v) is 8.14. The first-order chi connectivity index (χ1) is 14.6. The average molecular weight is 403 g/mol. The number of amides is 2. The first-order valence-corrected chi connectivity index (χ1v) is 10.3. The molecule has 154 valence electrons. The largest absolute Gasteiger partial charge is 0.353 e. The number of para-hydroxylation sites is 1. The van der Waals surface area contributed by atoms with E-state index in [4.69, 9.17) is 0 Å². The van der Waals surface area contributed by atoms with Crippen molar-refractivity contribution in [1.82, 2.24) is 24.3 Å². The Morgan fingerprint density at radius 1 is 1.03 bits per heavy atom. The summed E-state index contributed by atoms with van der Waals surface area (Å²) in [5.74, 6) is 0.0804. The second-order valence-electron chi connectivity index (χ2n) is 8.14. The van der Waals surface area contributed by atoms with Gasteiger partial charge in [-0.2, -0.15) is 0 Å². The topological polar surface area (TPSA) is 61.7 Å². The molecular weight excluding hydrogens is 378 g/mol. The van der Waals surface area contributed by atoms with Crippen LogP contribution in [0.5, 0.6) is 0 Å². The van der Waals surface area contributed by atoms with Gasteiger partial charge in [0, 0.05) is 56.7 Å². The van der Waals surface area contributed by atoms with Crippen LogP contribution >= 0.6 is 0 Å². The zero-order valence-electron chi connectivity index (χ0n) is 17.1. The molecule has 7 nitrogen and oxygen atoms in total. The van der Waals surface area contributed by atoms with Gasteiger partial charge in [-0.1, -0.05) is 24.3 Å². The Hall–Kier alpha value is -3.19. The molecule has 2 aromatic heterocycles. The number of hydrogen-bond donors (Lipinski definition) is 0. The summed E-state index contributed by atoms with van der Waals surface area (Å²) in [6.45, 7) is 3.25. The maximum Gasteiger partial charge on any atom is 0.247 e. The molecule has 2 fully saturated rings. The number of pyridine rings is 1. The van der Waals surface area contributed by atoms with Crippen molar-refractivity contribution in [3.8, 4) is 0 Å². The number of aromatic nitrogens is 2. The lowest BCUT2D eigenvalue weighted by Crippen LogP contribution is -2.66. The van der Waals surface area contributed by atoms with Crippen LogP contribution in [0.15, 0.2) is 54.9 Å².